The fourth-order valence-electron chi connectivity index (χ4n) is 5.05. The van der Waals surface area contributed by atoms with Gasteiger partial charge in [0.1, 0.15) is 11.5 Å². The van der Waals surface area contributed by atoms with Gasteiger partial charge in [0.25, 0.3) is 0 Å². The largest absolute Gasteiger partial charge is 0.360 e. The molecule has 1 amide bonds. The number of hydrogen-bond acceptors (Lipinski definition) is 6. The van der Waals surface area contributed by atoms with Gasteiger partial charge in [0, 0.05) is 46.5 Å². The Morgan fingerprint density at radius 2 is 1.75 bits per heavy atom. The van der Waals surface area contributed by atoms with Crippen LogP contribution in [0.1, 0.15) is 29.3 Å². The molecule has 202 valence electrons. The maximum atomic E-state index is 13.7. The Balaban J connectivity index is 1.27. The van der Waals surface area contributed by atoms with E-state index in [9.17, 15) is 13.2 Å². The Bertz CT molecular complexity index is 1790. The molecule has 0 saturated heterocycles. The second kappa shape index (κ2) is 11.1. The number of pyridine rings is 1. The molecule has 0 bridgehead atoms. The van der Waals surface area contributed by atoms with E-state index in [1.807, 2.05) is 66.7 Å². The molecule has 0 fully saturated rings. The van der Waals surface area contributed by atoms with Crippen LogP contribution in [0.15, 0.2) is 101 Å². The van der Waals surface area contributed by atoms with E-state index in [4.69, 9.17) is 4.52 Å². The molecule has 3 aromatic carbocycles. The summed E-state index contributed by atoms with van der Waals surface area (Å²) < 4.78 is 36.5. The van der Waals surface area contributed by atoms with E-state index in [1.54, 1.807) is 29.4 Å². The van der Waals surface area contributed by atoms with Gasteiger partial charge in [-0.1, -0.05) is 65.8 Å². The van der Waals surface area contributed by atoms with Crippen LogP contribution in [0, 0.1) is 3.57 Å². The topological polar surface area (TPSA) is 105 Å². The average Bonchev–Trinajstić information content (AvgIpc) is 3.41. The lowest BCUT2D eigenvalue weighted by atomic mass is 10.00. The number of rotatable bonds is 7. The zero-order chi connectivity index (χ0) is 27.7. The first-order valence-corrected chi connectivity index (χ1v) is 15.4. The van der Waals surface area contributed by atoms with Crippen molar-refractivity contribution in [1.29, 1.82) is 0 Å². The summed E-state index contributed by atoms with van der Waals surface area (Å²) in [5.74, 6) is 0.611. The van der Waals surface area contributed by atoms with Crippen molar-refractivity contribution in [3.63, 3.8) is 0 Å². The van der Waals surface area contributed by atoms with Gasteiger partial charge in [-0.15, -0.1) is 0 Å². The number of carbonyl (C=O) groups is 1. The predicted molar refractivity (Wildman–Crippen MR) is 160 cm³/mol. The summed E-state index contributed by atoms with van der Waals surface area (Å²) in [5.41, 5.74) is 3.15. The van der Waals surface area contributed by atoms with Crippen LogP contribution >= 0.6 is 22.6 Å². The zero-order valence-electron chi connectivity index (χ0n) is 21.3. The number of sulfonamides is 1. The van der Waals surface area contributed by atoms with Crippen molar-refractivity contribution >= 4 is 49.3 Å². The lowest BCUT2D eigenvalue weighted by Crippen LogP contribution is -2.39. The van der Waals surface area contributed by atoms with E-state index in [1.165, 1.54) is 0 Å². The highest BCUT2D eigenvalue weighted by Crippen LogP contribution is 2.32. The first-order chi connectivity index (χ1) is 19.4. The highest BCUT2D eigenvalue weighted by Gasteiger charge is 2.31. The molecular formula is C30H25IN4O4S. The summed E-state index contributed by atoms with van der Waals surface area (Å²) in [6, 6.07) is 23.3. The molecule has 1 aliphatic heterocycles. The van der Waals surface area contributed by atoms with Crippen molar-refractivity contribution in [2.24, 2.45) is 0 Å². The van der Waals surface area contributed by atoms with Crippen molar-refractivity contribution in [1.82, 2.24) is 19.8 Å². The Morgan fingerprint density at radius 1 is 1.00 bits per heavy atom. The van der Waals surface area contributed by atoms with Gasteiger partial charge in [0.2, 0.25) is 15.9 Å². The van der Waals surface area contributed by atoms with Gasteiger partial charge < -0.3 is 9.42 Å². The molecule has 5 aromatic rings. The predicted octanol–water partition coefficient (Wildman–Crippen LogP) is 5.49. The fourth-order valence-corrected chi connectivity index (χ4v) is 7.90. The molecule has 40 heavy (non-hydrogen) atoms. The number of benzene rings is 3. The second-order valence-corrected chi connectivity index (χ2v) is 12.4. The summed E-state index contributed by atoms with van der Waals surface area (Å²) in [6.07, 6.45) is 3.89. The van der Waals surface area contributed by atoms with Crippen molar-refractivity contribution in [3.05, 3.63) is 112 Å². The van der Waals surface area contributed by atoms with E-state index in [0.717, 1.165) is 33.2 Å². The number of amides is 1. The summed E-state index contributed by atoms with van der Waals surface area (Å²) in [5, 5.41) is 6.07. The number of aromatic nitrogens is 2. The third kappa shape index (κ3) is 5.26. The van der Waals surface area contributed by atoms with Crippen molar-refractivity contribution in [2.75, 3.05) is 6.54 Å². The van der Waals surface area contributed by atoms with Gasteiger partial charge in [0.15, 0.2) is 0 Å². The molecule has 8 nitrogen and oxygen atoms in total. The molecule has 10 heteroatoms. The molecule has 0 spiro atoms. The lowest BCUT2D eigenvalue weighted by molar-refractivity contribution is -0.132. The highest BCUT2D eigenvalue weighted by atomic mass is 127. The van der Waals surface area contributed by atoms with Crippen LogP contribution in [0.25, 0.3) is 22.0 Å². The summed E-state index contributed by atoms with van der Waals surface area (Å²) in [6.45, 7) is 0.805. The lowest BCUT2D eigenvalue weighted by Gasteiger charge is -2.28. The zero-order valence-corrected chi connectivity index (χ0v) is 24.3. The molecule has 0 saturated carbocycles. The fraction of sp³-hybridized carbons (Fsp3) is 0.167. The minimum atomic E-state index is -3.95. The van der Waals surface area contributed by atoms with Crippen LogP contribution in [-0.2, 0) is 27.8 Å². The van der Waals surface area contributed by atoms with E-state index in [-0.39, 0.29) is 17.2 Å². The Morgan fingerprint density at radius 3 is 2.55 bits per heavy atom. The summed E-state index contributed by atoms with van der Waals surface area (Å²) in [7, 11) is -3.95. The monoisotopic (exact) mass is 664 g/mol. The van der Waals surface area contributed by atoms with Gasteiger partial charge in [0.05, 0.1) is 17.5 Å². The third-order valence-corrected chi connectivity index (χ3v) is 10.2. The molecule has 1 atom stereocenters. The number of nitrogens with zero attached hydrogens (tertiary/aromatic N) is 3. The van der Waals surface area contributed by atoms with Crippen molar-refractivity contribution in [3.8, 4) is 11.3 Å². The quantitative estimate of drug-likeness (QED) is 0.231. The van der Waals surface area contributed by atoms with Crippen LogP contribution in [-0.4, -0.2) is 35.9 Å². The molecule has 0 aliphatic carbocycles. The van der Waals surface area contributed by atoms with Crippen LogP contribution < -0.4 is 4.72 Å². The summed E-state index contributed by atoms with van der Waals surface area (Å²) >= 11 is 2.08. The van der Waals surface area contributed by atoms with Gasteiger partial charge in [-0.2, -0.15) is 0 Å². The molecular weight excluding hydrogens is 639 g/mol. The smallest absolute Gasteiger partial charge is 0.242 e. The van der Waals surface area contributed by atoms with E-state index >= 15 is 0 Å². The molecule has 2 aromatic heterocycles. The third-order valence-electron chi connectivity index (χ3n) is 7.13. The molecule has 1 N–H and O–H groups in total. The minimum absolute atomic E-state index is 0.0292. The molecule has 3 heterocycles. The second-order valence-electron chi connectivity index (χ2n) is 9.62. The van der Waals surface area contributed by atoms with Crippen LogP contribution in [0.3, 0.4) is 0 Å². The molecule has 0 radical (unpaired) electrons. The first-order valence-electron chi connectivity index (χ1n) is 12.8. The Kier molecular flexibility index (Phi) is 7.39. The molecule has 1 aliphatic rings. The van der Waals surface area contributed by atoms with Crippen molar-refractivity contribution in [2.45, 2.75) is 30.3 Å². The normalized spacial score (nSPS) is 14.2. The minimum Gasteiger partial charge on any atom is -0.360 e. The maximum Gasteiger partial charge on any atom is 0.242 e. The van der Waals surface area contributed by atoms with Gasteiger partial charge >= 0.3 is 0 Å². The SMILES string of the molecule is O=C(CC(NS(=O)(=O)c1ccc2ccccc2c1I)c1ccccc1)N1CCc2onc(-c3ccncc3)c2C1. The van der Waals surface area contributed by atoms with E-state index in [2.05, 4.69) is 37.5 Å². The van der Waals surface area contributed by atoms with Gasteiger partial charge in [-0.05, 0) is 57.1 Å². The standard InChI is InChI=1S/C30H25IN4O4S/c31-29-23-9-5-4-6-20(23)10-11-27(29)40(37,38)34-25(21-7-2-1-3-8-21)18-28(36)35-17-14-26-24(19-35)30(33-39-26)22-12-15-32-16-13-22/h1-13,15-16,25,34H,14,17-19H2. The Labute approximate surface area is 245 Å². The maximum absolute atomic E-state index is 13.7. The van der Waals surface area contributed by atoms with Gasteiger partial charge in [-0.3, -0.25) is 9.78 Å². The Hall–Kier alpha value is -3.61. The molecule has 6 rings (SSSR count). The highest BCUT2D eigenvalue weighted by molar-refractivity contribution is 14.1. The van der Waals surface area contributed by atoms with E-state index < -0.39 is 16.1 Å². The van der Waals surface area contributed by atoms with Crippen LogP contribution in [0.5, 0.6) is 0 Å². The van der Waals surface area contributed by atoms with Crippen molar-refractivity contribution < 1.29 is 17.7 Å². The average molecular weight is 665 g/mol. The number of carbonyl (C=O) groups excluding carboxylic acids is 1. The number of halogens is 1. The first kappa shape index (κ1) is 26.6. The number of nitrogens with one attached hydrogen (secondary N) is 1. The number of fused-ring (bicyclic) bond motifs is 2. The van der Waals surface area contributed by atoms with E-state index in [0.29, 0.717) is 28.8 Å². The number of hydrogen-bond donors (Lipinski definition) is 1. The summed E-state index contributed by atoms with van der Waals surface area (Å²) in [4.78, 5) is 19.7. The van der Waals surface area contributed by atoms with Crippen LogP contribution in [0.4, 0.5) is 0 Å². The van der Waals surface area contributed by atoms with Crippen LogP contribution in [0.2, 0.25) is 0 Å². The van der Waals surface area contributed by atoms with Gasteiger partial charge in [-0.25, -0.2) is 13.1 Å². The molecule has 1 unspecified atom stereocenters.